The third kappa shape index (κ3) is 9.01. The highest BCUT2D eigenvalue weighted by Gasteiger charge is 2.00. The molecule has 0 aromatic carbocycles. The van der Waals surface area contributed by atoms with Crippen molar-refractivity contribution in [3.05, 3.63) is 0 Å². The summed E-state index contributed by atoms with van der Waals surface area (Å²) in [6.07, 6.45) is 10.6. The molecule has 0 heterocycles. The number of ether oxygens (including phenoxy) is 1. The Morgan fingerprint density at radius 1 is 1.07 bits per heavy atom. The Bertz CT molecular complexity index is 238. The molecular formula is C12H18O3. The molecule has 0 N–H and O–H groups in total. The Hall–Kier alpha value is -1.30. The Morgan fingerprint density at radius 3 is 2.13 bits per heavy atom. The molecule has 0 unspecified atom stereocenters. The predicted octanol–water partition coefficient (Wildman–Crippen LogP) is 2.09. The van der Waals surface area contributed by atoms with Crippen molar-refractivity contribution in [2.75, 3.05) is 7.11 Å². The van der Waals surface area contributed by atoms with E-state index in [0.717, 1.165) is 32.1 Å². The molecule has 0 radical (unpaired) electrons. The van der Waals surface area contributed by atoms with E-state index in [1.54, 1.807) is 0 Å². The fourth-order valence-electron chi connectivity index (χ4n) is 1.26. The summed E-state index contributed by atoms with van der Waals surface area (Å²) in [5, 5.41) is 0. The number of Topliss-reactive ketones (excluding diaryl/α,β-unsaturated/α-hetero) is 1. The molecule has 0 aromatic rings. The van der Waals surface area contributed by atoms with Gasteiger partial charge in [0.2, 0.25) is 5.78 Å². The van der Waals surface area contributed by atoms with Gasteiger partial charge in [0, 0.05) is 12.8 Å². The van der Waals surface area contributed by atoms with E-state index in [1.807, 2.05) is 0 Å². The van der Waals surface area contributed by atoms with Crippen LogP contribution in [0.5, 0.6) is 0 Å². The average molecular weight is 210 g/mol. The van der Waals surface area contributed by atoms with Crippen LogP contribution < -0.4 is 0 Å². The van der Waals surface area contributed by atoms with Gasteiger partial charge in [-0.1, -0.05) is 19.3 Å². The van der Waals surface area contributed by atoms with Crippen LogP contribution in [0, 0.1) is 12.3 Å². The van der Waals surface area contributed by atoms with Crippen molar-refractivity contribution >= 4 is 11.8 Å². The van der Waals surface area contributed by atoms with Gasteiger partial charge in [-0.25, -0.2) is 0 Å². The fourth-order valence-corrected chi connectivity index (χ4v) is 1.26. The predicted molar refractivity (Wildman–Crippen MR) is 58.2 cm³/mol. The minimum Gasteiger partial charge on any atom is -0.469 e. The third-order valence-corrected chi connectivity index (χ3v) is 2.17. The van der Waals surface area contributed by atoms with E-state index < -0.39 is 0 Å². The summed E-state index contributed by atoms with van der Waals surface area (Å²) in [4.78, 5) is 21.5. The lowest BCUT2D eigenvalue weighted by Gasteiger charge is -1.99. The number of hydrogen-bond acceptors (Lipinski definition) is 3. The van der Waals surface area contributed by atoms with Crippen LogP contribution in [-0.4, -0.2) is 18.9 Å². The lowest BCUT2D eigenvalue weighted by Crippen LogP contribution is -1.99. The Balaban J connectivity index is 3.16. The van der Waals surface area contributed by atoms with E-state index in [9.17, 15) is 9.59 Å². The summed E-state index contributed by atoms with van der Waals surface area (Å²) in [7, 11) is 1.40. The fraction of sp³-hybridized carbons (Fsp3) is 0.667. The Kier molecular flexibility index (Phi) is 8.46. The zero-order valence-electron chi connectivity index (χ0n) is 9.25. The molecule has 3 nitrogen and oxygen atoms in total. The van der Waals surface area contributed by atoms with Gasteiger partial charge in [-0.3, -0.25) is 9.59 Å². The number of carbonyl (C=O) groups is 2. The summed E-state index contributed by atoms with van der Waals surface area (Å²) in [5.74, 6) is 1.81. The summed E-state index contributed by atoms with van der Waals surface area (Å²) in [5.41, 5.74) is 0. The molecule has 0 spiro atoms. The van der Waals surface area contributed by atoms with Gasteiger partial charge in [-0.15, -0.1) is 6.42 Å². The number of carbonyl (C=O) groups excluding carboxylic acids is 2. The van der Waals surface area contributed by atoms with Crippen molar-refractivity contribution in [1.29, 1.82) is 0 Å². The maximum Gasteiger partial charge on any atom is 0.305 e. The number of methoxy groups -OCH3 is 1. The van der Waals surface area contributed by atoms with Gasteiger partial charge in [0.15, 0.2) is 0 Å². The van der Waals surface area contributed by atoms with Crippen molar-refractivity contribution in [3.63, 3.8) is 0 Å². The molecule has 0 atom stereocenters. The van der Waals surface area contributed by atoms with E-state index in [-0.39, 0.29) is 11.8 Å². The number of ketones is 1. The SMILES string of the molecule is C#CC(=O)CCCCCCCC(=O)OC. The van der Waals surface area contributed by atoms with Crippen LogP contribution in [0.3, 0.4) is 0 Å². The van der Waals surface area contributed by atoms with Crippen molar-refractivity contribution in [1.82, 2.24) is 0 Å². The average Bonchev–Trinajstić information content (AvgIpc) is 2.26. The highest BCUT2D eigenvalue weighted by molar-refractivity contribution is 5.94. The molecule has 15 heavy (non-hydrogen) atoms. The molecule has 0 aliphatic heterocycles. The Labute approximate surface area is 91.2 Å². The normalized spacial score (nSPS) is 9.33. The number of rotatable bonds is 8. The Morgan fingerprint density at radius 2 is 1.60 bits per heavy atom. The number of esters is 1. The maximum absolute atomic E-state index is 10.7. The van der Waals surface area contributed by atoms with E-state index in [0.29, 0.717) is 12.8 Å². The quantitative estimate of drug-likeness (QED) is 0.267. The second-order valence-corrected chi connectivity index (χ2v) is 3.41. The highest BCUT2D eigenvalue weighted by atomic mass is 16.5. The van der Waals surface area contributed by atoms with Crippen molar-refractivity contribution < 1.29 is 14.3 Å². The molecule has 0 amide bonds. The third-order valence-electron chi connectivity index (χ3n) is 2.17. The first-order valence-corrected chi connectivity index (χ1v) is 5.27. The van der Waals surface area contributed by atoms with E-state index in [4.69, 9.17) is 6.42 Å². The molecular weight excluding hydrogens is 192 g/mol. The van der Waals surface area contributed by atoms with Gasteiger partial charge in [-0.05, 0) is 18.8 Å². The van der Waals surface area contributed by atoms with E-state index in [2.05, 4.69) is 10.7 Å². The van der Waals surface area contributed by atoms with Gasteiger partial charge in [0.1, 0.15) is 0 Å². The van der Waals surface area contributed by atoms with Crippen LogP contribution in [0.2, 0.25) is 0 Å². The topological polar surface area (TPSA) is 43.4 Å². The minimum atomic E-state index is -0.155. The van der Waals surface area contributed by atoms with Crippen LogP contribution in [0.15, 0.2) is 0 Å². The smallest absolute Gasteiger partial charge is 0.305 e. The van der Waals surface area contributed by atoms with Crippen molar-refractivity contribution in [2.24, 2.45) is 0 Å². The minimum absolute atomic E-state index is 0.121. The van der Waals surface area contributed by atoms with E-state index >= 15 is 0 Å². The van der Waals surface area contributed by atoms with Crippen LogP contribution in [0.4, 0.5) is 0 Å². The lowest BCUT2D eigenvalue weighted by atomic mass is 10.1. The lowest BCUT2D eigenvalue weighted by molar-refractivity contribution is -0.140. The first-order chi connectivity index (χ1) is 7.20. The van der Waals surface area contributed by atoms with Gasteiger partial charge in [0.05, 0.1) is 7.11 Å². The van der Waals surface area contributed by atoms with Crippen LogP contribution in [0.1, 0.15) is 44.9 Å². The first-order valence-electron chi connectivity index (χ1n) is 5.27. The zero-order valence-corrected chi connectivity index (χ0v) is 9.25. The second kappa shape index (κ2) is 9.26. The molecule has 3 heteroatoms. The number of hydrogen-bond donors (Lipinski definition) is 0. The van der Waals surface area contributed by atoms with Gasteiger partial charge < -0.3 is 4.74 Å². The largest absolute Gasteiger partial charge is 0.469 e. The van der Waals surface area contributed by atoms with Gasteiger partial charge >= 0.3 is 5.97 Å². The summed E-state index contributed by atoms with van der Waals surface area (Å²) in [6.45, 7) is 0. The molecule has 0 fully saturated rings. The first kappa shape index (κ1) is 13.7. The highest BCUT2D eigenvalue weighted by Crippen LogP contribution is 2.07. The van der Waals surface area contributed by atoms with Crippen LogP contribution in [0.25, 0.3) is 0 Å². The van der Waals surface area contributed by atoms with Gasteiger partial charge in [-0.2, -0.15) is 0 Å². The monoisotopic (exact) mass is 210 g/mol. The van der Waals surface area contributed by atoms with E-state index in [1.165, 1.54) is 7.11 Å². The number of terminal acetylenes is 1. The standard InChI is InChI=1S/C12H18O3/c1-3-11(13)9-7-5-4-6-8-10-12(14)15-2/h1H,4-10H2,2H3. The summed E-state index contributed by atoms with van der Waals surface area (Å²) in [6, 6.07) is 0. The summed E-state index contributed by atoms with van der Waals surface area (Å²) >= 11 is 0. The molecule has 0 saturated carbocycles. The molecule has 0 aromatic heterocycles. The molecule has 0 aliphatic carbocycles. The molecule has 0 aliphatic rings. The maximum atomic E-state index is 10.7. The van der Waals surface area contributed by atoms with Gasteiger partial charge in [0.25, 0.3) is 0 Å². The van der Waals surface area contributed by atoms with Crippen molar-refractivity contribution in [3.8, 4) is 12.3 Å². The molecule has 84 valence electrons. The second-order valence-electron chi connectivity index (χ2n) is 3.41. The van der Waals surface area contributed by atoms with Crippen LogP contribution in [-0.2, 0) is 14.3 Å². The molecule has 0 bridgehead atoms. The summed E-state index contributed by atoms with van der Waals surface area (Å²) < 4.78 is 4.52. The zero-order chi connectivity index (χ0) is 11.5. The number of unbranched alkanes of at least 4 members (excludes halogenated alkanes) is 4. The van der Waals surface area contributed by atoms with Crippen LogP contribution >= 0.6 is 0 Å². The van der Waals surface area contributed by atoms with Crippen molar-refractivity contribution in [2.45, 2.75) is 44.9 Å². The molecule has 0 saturated heterocycles. The molecule has 0 rings (SSSR count).